The number of benzene rings is 1. The van der Waals surface area contributed by atoms with E-state index in [1.165, 1.54) is 11.8 Å². The number of imide groups is 1. The lowest BCUT2D eigenvalue weighted by Crippen LogP contribution is -2.34. The van der Waals surface area contributed by atoms with E-state index in [-0.39, 0.29) is 42.6 Å². The van der Waals surface area contributed by atoms with E-state index < -0.39 is 0 Å². The van der Waals surface area contributed by atoms with E-state index in [0.717, 1.165) is 0 Å². The van der Waals surface area contributed by atoms with E-state index in [2.05, 4.69) is 0 Å². The molecule has 1 aliphatic carbocycles. The van der Waals surface area contributed by atoms with Gasteiger partial charge in [-0.15, -0.1) is 0 Å². The predicted molar refractivity (Wildman–Crippen MR) is 84.0 cm³/mol. The fourth-order valence-corrected chi connectivity index (χ4v) is 3.22. The van der Waals surface area contributed by atoms with Crippen LogP contribution in [0.1, 0.15) is 30.1 Å². The van der Waals surface area contributed by atoms with Crippen LogP contribution in [0.2, 0.25) is 0 Å². The maximum Gasteiger partial charge on any atom is 0.233 e. The Bertz CT molecular complexity index is 653. The molecular weight excluding hydrogens is 294 g/mol. The second-order valence-electron chi connectivity index (χ2n) is 5.88. The van der Waals surface area contributed by atoms with Gasteiger partial charge in [-0.1, -0.05) is 24.3 Å². The Hall–Kier alpha value is -2.43. The molecule has 1 aromatic carbocycles. The zero-order chi connectivity index (χ0) is 16.4. The van der Waals surface area contributed by atoms with E-state index in [1.54, 1.807) is 24.3 Å². The van der Waals surface area contributed by atoms with E-state index in [1.807, 2.05) is 12.2 Å². The normalized spacial score (nSPS) is 23.1. The first-order valence-electron chi connectivity index (χ1n) is 7.82. The molecule has 0 spiro atoms. The van der Waals surface area contributed by atoms with Crippen molar-refractivity contribution in [1.82, 2.24) is 4.90 Å². The van der Waals surface area contributed by atoms with Crippen LogP contribution in [-0.4, -0.2) is 35.6 Å². The van der Waals surface area contributed by atoms with Crippen LogP contribution in [0.25, 0.3) is 0 Å². The molecule has 5 nitrogen and oxygen atoms in total. The highest BCUT2D eigenvalue weighted by atomic mass is 16.5. The second kappa shape index (κ2) is 6.36. The molecule has 0 saturated carbocycles. The lowest BCUT2D eigenvalue weighted by atomic mass is 9.85. The number of amides is 2. The topological polar surface area (TPSA) is 63.7 Å². The number of rotatable bonds is 5. The van der Waals surface area contributed by atoms with Crippen LogP contribution < -0.4 is 4.74 Å². The number of Topliss-reactive ketones (excluding diaryl/α,β-unsaturated/α-hetero) is 1. The Kier molecular flexibility index (Phi) is 4.28. The van der Waals surface area contributed by atoms with E-state index in [9.17, 15) is 14.4 Å². The average molecular weight is 313 g/mol. The number of ketones is 1. The summed E-state index contributed by atoms with van der Waals surface area (Å²) in [6.45, 7) is 1.89. The third kappa shape index (κ3) is 2.91. The minimum absolute atomic E-state index is 0.0778. The Morgan fingerprint density at radius 1 is 1.13 bits per heavy atom. The van der Waals surface area contributed by atoms with Crippen molar-refractivity contribution in [2.24, 2.45) is 11.8 Å². The maximum atomic E-state index is 12.3. The van der Waals surface area contributed by atoms with Crippen LogP contribution >= 0.6 is 0 Å². The molecule has 3 rings (SSSR count). The van der Waals surface area contributed by atoms with E-state index in [0.29, 0.717) is 24.2 Å². The maximum absolute atomic E-state index is 12.3. The molecule has 2 atom stereocenters. The van der Waals surface area contributed by atoms with Gasteiger partial charge in [-0.05, 0) is 31.9 Å². The molecular formula is C18H19NO4. The molecule has 2 unspecified atom stereocenters. The van der Waals surface area contributed by atoms with Crippen LogP contribution in [0.15, 0.2) is 36.4 Å². The van der Waals surface area contributed by atoms with Gasteiger partial charge in [-0.3, -0.25) is 19.3 Å². The lowest BCUT2D eigenvalue weighted by Gasteiger charge is -2.16. The van der Waals surface area contributed by atoms with Crippen molar-refractivity contribution in [2.45, 2.75) is 19.8 Å². The van der Waals surface area contributed by atoms with Gasteiger partial charge in [-0.2, -0.15) is 0 Å². The van der Waals surface area contributed by atoms with Crippen molar-refractivity contribution in [3.05, 3.63) is 42.0 Å². The van der Waals surface area contributed by atoms with Gasteiger partial charge in [0.05, 0.1) is 23.9 Å². The molecule has 120 valence electrons. The number of ether oxygens (including phenoxy) is 1. The van der Waals surface area contributed by atoms with Crippen LogP contribution in [0.4, 0.5) is 0 Å². The summed E-state index contributed by atoms with van der Waals surface area (Å²) >= 11 is 0. The van der Waals surface area contributed by atoms with Gasteiger partial charge in [0.1, 0.15) is 12.4 Å². The minimum Gasteiger partial charge on any atom is -0.491 e. The molecule has 0 bridgehead atoms. The Morgan fingerprint density at radius 2 is 1.74 bits per heavy atom. The standard InChI is InChI=1S/C18H19NO4/c1-12(20)13-6-4-5-9-16(13)23-11-10-19-17(21)14-7-2-3-8-15(14)18(19)22/h2-6,9,14-15H,7-8,10-11H2,1H3. The van der Waals surface area contributed by atoms with Crippen molar-refractivity contribution in [3.63, 3.8) is 0 Å². The highest BCUT2D eigenvalue weighted by molar-refractivity contribution is 6.05. The third-order valence-electron chi connectivity index (χ3n) is 4.44. The zero-order valence-electron chi connectivity index (χ0n) is 13.0. The highest BCUT2D eigenvalue weighted by Crippen LogP contribution is 2.34. The summed E-state index contributed by atoms with van der Waals surface area (Å²) in [5.74, 6) is -0.223. The number of carbonyl (C=O) groups is 3. The SMILES string of the molecule is CC(=O)c1ccccc1OCCN1C(=O)C2CC=CCC2C1=O. The number of allylic oxidation sites excluding steroid dienone is 2. The summed E-state index contributed by atoms with van der Waals surface area (Å²) in [6, 6.07) is 6.97. The quantitative estimate of drug-likeness (QED) is 0.475. The Morgan fingerprint density at radius 3 is 2.35 bits per heavy atom. The number of carbonyl (C=O) groups excluding carboxylic acids is 3. The van der Waals surface area contributed by atoms with Gasteiger partial charge in [0.2, 0.25) is 11.8 Å². The van der Waals surface area contributed by atoms with Gasteiger partial charge >= 0.3 is 0 Å². The lowest BCUT2D eigenvalue weighted by molar-refractivity contribution is -0.140. The molecule has 0 N–H and O–H groups in total. The summed E-state index contributed by atoms with van der Waals surface area (Å²) in [4.78, 5) is 37.5. The molecule has 1 heterocycles. The first kappa shape index (κ1) is 15.5. The molecule has 2 amide bonds. The van der Waals surface area contributed by atoms with Crippen LogP contribution in [0, 0.1) is 11.8 Å². The molecule has 1 fully saturated rings. The van der Waals surface area contributed by atoms with Crippen molar-refractivity contribution in [2.75, 3.05) is 13.2 Å². The number of fused-ring (bicyclic) bond motifs is 1. The van der Waals surface area contributed by atoms with Crippen molar-refractivity contribution in [3.8, 4) is 5.75 Å². The second-order valence-corrected chi connectivity index (χ2v) is 5.88. The summed E-state index contributed by atoms with van der Waals surface area (Å²) in [5.41, 5.74) is 0.504. The van der Waals surface area contributed by atoms with Crippen LogP contribution in [0.5, 0.6) is 5.75 Å². The molecule has 1 aliphatic heterocycles. The number of likely N-dealkylation sites (tertiary alicyclic amines) is 1. The summed E-state index contributed by atoms with van der Waals surface area (Å²) < 4.78 is 5.63. The monoisotopic (exact) mass is 313 g/mol. The molecule has 0 aromatic heterocycles. The fourth-order valence-electron chi connectivity index (χ4n) is 3.22. The molecule has 1 saturated heterocycles. The Labute approximate surface area is 134 Å². The highest BCUT2D eigenvalue weighted by Gasteiger charge is 2.46. The van der Waals surface area contributed by atoms with Crippen LogP contribution in [0.3, 0.4) is 0 Å². The summed E-state index contributed by atoms with van der Waals surface area (Å²) in [6.07, 6.45) is 5.21. The third-order valence-corrected chi connectivity index (χ3v) is 4.44. The molecule has 2 aliphatic rings. The number of para-hydroxylation sites is 1. The van der Waals surface area contributed by atoms with Crippen molar-refractivity contribution >= 4 is 17.6 Å². The minimum atomic E-state index is -0.211. The van der Waals surface area contributed by atoms with Gasteiger partial charge in [0.15, 0.2) is 5.78 Å². The van der Waals surface area contributed by atoms with Crippen molar-refractivity contribution in [1.29, 1.82) is 0 Å². The van der Waals surface area contributed by atoms with Crippen LogP contribution in [-0.2, 0) is 9.59 Å². The fraction of sp³-hybridized carbons (Fsp3) is 0.389. The number of hydrogen-bond donors (Lipinski definition) is 0. The first-order valence-corrected chi connectivity index (χ1v) is 7.82. The molecule has 0 radical (unpaired) electrons. The van der Waals surface area contributed by atoms with E-state index >= 15 is 0 Å². The predicted octanol–water partition coefficient (Wildman–Crippen LogP) is 2.22. The van der Waals surface area contributed by atoms with Gasteiger partial charge in [0.25, 0.3) is 0 Å². The Balaban J connectivity index is 1.62. The number of nitrogens with zero attached hydrogens (tertiary/aromatic N) is 1. The number of hydrogen-bond acceptors (Lipinski definition) is 4. The van der Waals surface area contributed by atoms with E-state index in [4.69, 9.17) is 4.74 Å². The summed E-state index contributed by atoms with van der Waals surface area (Å²) in [5, 5.41) is 0. The molecule has 1 aromatic rings. The zero-order valence-corrected chi connectivity index (χ0v) is 13.0. The van der Waals surface area contributed by atoms with Gasteiger partial charge in [0, 0.05) is 0 Å². The van der Waals surface area contributed by atoms with Gasteiger partial charge < -0.3 is 4.74 Å². The molecule has 23 heavy (non-hydrogen) atoms. The molecule has 5 heteroatoms. The summed E-state index contributed by atoms with van der Waals surface area (Å²) in [7, 11) is 0. The largest absolute Gasteiger partial charge is 0.491 e. The average Bonchev–Trinajstić information content (AvgIpc) is 2.80. The van der Waals surface area contributed by atoms with Gasteiger partial charge in [-0.25, -0.2) is 0 Å². The first-order chi connectivity index (χ1) is 11.1. The smallest absolute Gasteiger partial charge is 0.233 e. The van der Waals surface area contributed by atoms with Crippen molar-refractivity contribution < 1.29 is 19.1 Å².